The van der Waals surface area contributed by atoms with Crippen LogP contribution in [-0.2, 0) is 9.47 Å². The van der Waals surface area contributed by atoms with E-state index in [0.717, 1.165) is 45.1 Å². The summed E-state index contributed by atoms with van der Waals surface area (Å²) in [5, 5.41) is -0.825. The van der Waals surface area contributed by atoms with E-state index in [4.69, 9.17) is 9.47 Å². The quantitative estimate of drug-likeness (QED) is 0.535. The molecule has 0 aliphatic carbocycles. The zero-order chi connectivity index (χ0) is 19.0. The summed E-state index contributed by atoms with van der Waals surface area (Å²) in [7, 11) is -4.21. The third-order valence-corrected chi connectivity index (χ3v) is 14.5. The zero-order valence-electron chi connectivity index (χ0n) is 16.5. The second-order valence-electron chi connectivity index (χ2n) is 9.51. The summed E-state index contributed by atoms with van der Waals surface area (Å²) in [6.07, 6.45) is 1.22. The van der Waals surface area contributed by atoms with Gasteiger partial charge in [0.15, 0.2) is 0 Å². The Kier molecular flexibility index (Phi) is 6.25. The topological polar surface area (TPSA) is 18.5 Å². The van der Waals surface area contributed by atoms with Gasteiger partial charge in [0.05, 0.1) is 26.6 Å². The molecule has 0 aromatic heterocycles. The average Bonchev–Trinajstić information content (AvgIpc) is 2.52. The highest BCUT2D eigenvalue weighted by molar-refractivity contribution is 6.86. The lowest BCUT2D eigenvalue weighted by Crippen LogP contribution is -2.79. The third-order valence-electron chi connectivity index (χ3n) is 6.53. The summed E-state index contributed by atoms with van der Waals surface area (Å²) < 4.78 is 52.2. The van der Waals surface area contributed by atoms with Crippen molar-refractivity contribution < 1.29 is 22.6 Å². The Morgan fingerprint density at radius 1 is 0.800 bits per heavy atom. The molecular weight excluding hydrogens is 361 g/mol. The maximum atomic E-state index is 13.0. The van der Waals surface area contributed by atoms with Crippen molar-refractivity contribution >= 4 is 16.1 Å². The highest BCUT2D eigenvalue weighted by atomic mass is 28.3. The lowest BCUT2D eigenvalue weighted by atomic mass is 9.96. The molecule has 0 saturated carbocycles. The van der Waals surface area contributed by atoms with Crippen molar-refractivity contribution in [3.05, 3.63) is 0 Å². The predicted octanol–water partition coefficient (Wildman–Crippen LogP) is 5.94. The first-order valence-electron chi connectivity index (χ1n) is 9.72. The molecule has 148 valence electrons. The zero-order valence-corrected chi connectivity index (χ0v) is 18.5. The van der Waals surface area contributed by atoms with Crippen LogP contribution in [0.2, 0.25) is 38.8 Å². The van der Waals surface area contributed by atoms with Crippen LogP contribution in [0.4, 0.5) is 13.2 Å². The van der Waals surface area contributed by atoms with Gasteiger partial charge >= 0.3 is 6.18 Å². The van der Waals surface area contributed by atoms with Crippen LogP contribution in [0.5, 0.6) is 0 Å². The van der Waals surface area contributed by atoms with E-state index in [9.17, 15) is 13.2 Å². The molecule has 2 heterocycles. The third kappa shape index (κ3) is 4.04. The van der Waals surface area contributed by atoms with E-state index in [1.807, 2.05) is 0 Å². The highest BCUT2D eigenvalue weighted by Gasteiger charge is 2.67. The summed E-state index contributed by atoms with van der Waals surface area (Å²) in [5.74, 6) is 0. The second kappa shape index (κ2) is 7.28. The van der Waals surface area contributed by atoms with Crippen molar-refractivity contribution in [1.82, 2.24) is 0 Å². The number of rotatable bonds is 5. The van der Waals surface area contributed by atoms with Gasteiger partial charge in [-0.25, -0.2) is 0 Å². The van der Waals surface area contributed by atoms with E-state index < -0.39 is 34.0 Å². The lowest BCUT2D eigenvalue weighted by Gasteiger charge is -2.64. The number of hydrogen-bond acceptors (Lipinski definition) is 2. The molecular formula is C18H35F3O2Si2. The molecule has 2 unspecified atom stereocenters. The van der Waals surface area contributed by atoms with Gasteiger partial charge in [-0.3, -0.25) is 0 Å². The van der Waals surface area contributed by atoms with Crippen molar-refractivity contribution in [2.45, 2.75) is 100 Å². The number of hydrogen-bond donors (Lipinski definition) is 0. The van der Waals surface area contributed by atoms with Gasteiger partial charge in [-0.05, 0) is 44.6 Å². The molecule has 2 fully saturated rings. The van der Waals surface area contributed by atoms with Crippen molar-refractivity contribution in [2.24, 2.45) is 0 Å². The Morgan fingerprint density at radius 2 is 1.28 bits per heavy atom. The first-order chi connectivity index (χ1) is 11.4. The lowest BCUT2D eigenvalue weighted by molar-refractivity contribution is -0.170. The van der Waals surface area contributed by atoms with Gasteiger partial charge in [0.2, 0.25) is 0 Å². The number of halogens is 3. The van der Waals surface area contributed by atoms with Gasteiger partial charge in [0, 0.05) is 19.6 Å². The van der Waals surface area contributed by atoms with Gasteiger partial charge < -0.3 is 9.47 Å². The van der Waals surface area contributed by atoms with Gasteiger partial charge in [-0.2, -0.15) is 13.2 Å². The van der Waals surface area contributed by atoms with Crippen molar-refractivity contribution in [2.75, 3.05) is 13.2 Å². The molecule has 7 heteroatoms. The van der Waals surface area contributed by atoms with Gasteiger partial charge in [-0.15, -0.1) is 0 Å². The van der Waals surface area contributed by atoms with Crippen LogP contribution >= 0.6 is 0 Å². The van der Waals surface area contributed by atoms with E-state index in [-0.39, 0.29) is 11.3 Å². The molecule has 2 atom stereocenters. The molecule has 0 N–H and O–H groups in total. The monoisotopic (exact) mass is 396 g/mol. The molecule has 2 aliphatic rings. The Morgan fingerprint density at radius 3 is 1.64 bits per heavy atom. The second-order valence-corrected chi connectivity index (χ2v) is 19.9. The summed E-state index contributed by atoms with van der Waals surface area (Å²) in [4.78, 5) is 0. The number of ether oxygens (including phenoxy) is 2. The molecule has 0 amide bonds. The minimum absolute atomic E-state index is 0.228. The molecule has 0 spiro atoms. The van der Waals surface area contributed by atoms with E-state index in [1.54, 1.807) is 0 Å². The van der Waals surface area contributed by atoms with Crippen LogP contribution in [0.3, 0.4) is 0 Å². The van der Waals surface area contributed by atoms with Crippen molar-refractivity contribution in [3.63, 3.8) is 0 Å². The minimum Gasteiger partial charge on any atom is -0.376 e. The maximum absolute atomic E-state index is 13.0. The van der Waals surface area contributed by atoms with Crippen molar-refractivity contribution in [3.8, 4) is 0 Å². The number of alkyl halides is 3. The van der Waals surface area contributed by atoms with Crippen molar-refractivity contribution in [1.29, 1.82) is 0 Å². The fourth-order valence-electron chi connectivity index (χ4n) is 5.16. The summed E-state index contributed by atoms with van der Waals surface area (Å²) >= 11 is 0. The fourth-order valence-corrected chi connectivity index (χ4v) is 14.1. The predicted molar refractivity (Wildman–Crippen MR) is 101 cm³/mol. The van der Waals surface area contributed by atoms with Crippen LogP contribution < -0.4 is 0 Å². The molecule has 2 rings (SSSR count). The Labute approximate surface area is 152 Å². The Bertz CT molecular complexity index is 446. The normalized spacial score (nSPS) is 32.6. The molecule has 0 aromatic rings. The van der Waals surface area contributed by atoms with Gasteiger partial charge in [-0.1, -0.05) is 32.7 Å². The molecule has 2 aliphatic heterocycles. The van der Waals surface area contributed by atoms with Crippen LogP contribution in [0.1, 0.15) is 44.9 Å². The van der Waals surface area contributed by atoms with E-state index in [2.05, 4.69) is 32.7 Å². The first-order valence-corrected chi connectivity index (χ1v) is 16.4. The van der Waals surface area contributed by atoms with Crippen LogP contribution in [0.15, 0.2) is 0 Å². The average molecular weight is 397 g/mol. The minimum atomic E-state index is -4.10. The Balaban J connectivity index is 2.48. The maximum Gasteiger partial charge on any atom is 0.388 e. The van der Waals surface area contributed by atoms with Crippen LogP contribution in [0, 0.1) is 0 Å². The molecule has 0 aromatic carbocycles. The van der Waals surface area contributed by atoms with Gasteiger partial charge in [0.25, 0.3) is 0 Å². The fraction of sp³-hybridized carbons (Fsp3) is 1.00. The van der Waals surface area contributed by atoms with E-state index in [1.165, 1.54) is 0 Å². The molecule has 0 bridgehead atoms. The first kappa shape index (κ1) is 21.4. The summed E-state index contributed by atoms with van der Waals surface area (Å²) in [6.45, 7) is 12.6. The van der Waals surface area contributed by atoms with Crippen LogP contribution in [0.25, 0.3) is 0 Å². The SMILES string of the molecule is C[Si](C)(C)C1(C2([Si](C)(C)CCC(F)(F)F)CCCCO2)CCCCO1. The molecule has 2 saturated heterocycles. The van der Waals surface area contributed by atoms with E-state index >= 15 is 0 Å². The molecule has 2 nitrogen and oxygen atoms in total. The summed E-state index contributed by atoms with van der Waals surface area (Å²) in [6, 6.07) is 0.228. The molecule has 0 radical (unpaired) electrons. The largest absolute Gasteiger partial charge is 0.388 e. The standard InChI is InChI=1S/C18H35F3O2Si2/c1-24(2,3)16(10-6-8-13-22-16)17(11-7-9-14-23-17)25(4,5)15-12-18(19,20)21/h6-15H2,1-5H3. The highest BCUT2D eigenvalue weighted by Crippen LogP contribution is 2.53. The van der Waals surface area contributed by atoms with Crippen LogP contribution in [-0.4, -0.2) is 46.0 Å². The smallest absolute Gasteiger partial charge is 0.376 e. The Hall–Kier alpha value is 0.144. The molecule has 25 heavy (non-hydrogen) atoms. The van der Waals surface area contributed by atoms with E-state index in [0.29, 0.717) is 6.61 Å². The van der Waals surface area contributed by atoms with Gasteiger partial charge in [0.1, 0.15) is 0 Å². The summed E-state index contributed by atoms with van der Waals surface area (Å²) in [5.41, 5.74) is 0.